The Labute approximate surface area is 97.2 Å². The molecule has 1 atom stereocenters. The number of quaternary nitrogens is 1. The van der Waals surface area contributed by atoms with Gasteiger partial charge in [-0.2, -0.15) is 0 Å². The quantitative estimate of drug-likeness (QED) is 0.777. The molecular weight excluding hydrogens is 202 g/mol. The molecule has 3 nitrogen and oxygen atoms in total. The highest BCUT2D eigenvalue weighted by Crippen LogP contribution is 2.28. The molecule has 2 N–H and O–H groups in total. The number of ketones is 1. The zero-order valence-electron chi connectivity index (χ0n) is 10.3. The third kappa shape index (κ3) is 3.16. The Hall–Kier alpha value is -0.670. The van der Waals surface area contributed by atoms with Crippen LogP contribution in [-0.2, 0) is 9.53 Å². The molecule has 0 saturated carbocycles. The highest BCUT2D eigenvalue weighted by Gasteiger charge is 2.28. The van der Waals surface area contributed by atoms with Crippen LogP contribution in [0.4, 0.5) is 0 Å². The Bertz CT molecular complexity index is 301. The average Bonchev–Trinajstić information content (AvgIpc) is 2.63. The van der Waals surface area contributed by atoms with Gasteiger partial charge in [-0.05, 0) is 24.3 Å². The van der Waals surface area contributed by atoms with Gasteiger partial charge in [0.1, 0.15) is 24.1 Å². The molecule has 2 aliphatic rings. The maximum absolute atomic E-state index is 11.6. The molecule has 0 aromatic carbocycles. The van der Waals surface area contributed by atoms with Crippen LogP contribution in [0.1, 0.15) is 39.5 Å². The van der Waals surface area contributed by atoms with Crippen LogP contribution in [0.3, 0.4) is 0 Å². The van der Waals surface area contributed by atoms with Crippen LogP contribution in [0.15, 0.2) is 11.8 Å². The van der Waals surface area contributed by atoms with Gasteiger partial charge in [-0.1, -0.05) is 13.8 Å². The minimum Gasteiger partial charge on any atom is -0.372 e. The first-order chi connectivity index (χ1) is 7.55. The summed E-state index contributed by atoms with van der Waals surface area (Å²) in [5.41, 5.74) is 1.24. The Morgan fingerprint density at radius 3 is 3.00 bits per heavy atom. The summed E-state index contributed by atoms with van der Waals surface area (Å²) in [6.07, 6.45) is 6.30. The topological polar surface area (TPSA) is 42.9 Å². The van der Waals surface area contributed by atoms with E-state index < -0.39 is 0 Å². The van der Waals surface area contributed by atoms with E-state index in [0.717, 1.165) is 13.2 Å². The number of ether oxygens (including phenoxy) is 1. The molecule has 3 heteroatoms. The molecule has 0 unspecified atom stereocenters. The number of allylic oxidation sites excluding steroid dienone is 2. The summed E-state index contributed by atoms with van der Waals surface area (Å²) in [5, 5.41) is 2.20. The van der Waals surface area contributed by atoms with Gasteiger partial charge >= 0.3 is 0 Å². The van der Waals surface area contributed by atoms with Crippen LogP contribution < -0.4 is 5.32 Å². The molecule has 0 aromatic rings. The molecule has 0 bridgehead atoms. The van der Waals surface area contributed by atoms with Crippen molar-refractivity contribution in [1.29, 1.82) is 0 Å². The number of Topliss-reactive ketones (excluding diaryl/α,β-unsaturated/α-hetero) is 1. The first-order valence-electron chi connectivity index (χ1n) is 6.23. The van der Waals surface area contributed by atoms with Gasteiger partial charge in [0.25, 0.3) is 0 Å². The van der Waals surface area contributed by atoms with Crippen LogP contribution in [-0.4, -0.2) is 25.0 Å². The van der Waals surface area contributed by atoms with E-state index in [1.54, 1.807) is 0 Å². The van der Waals surface area contributed by atoms with Gasteiger partial charge in [0.15, 0.2) is 0 Å². The highest BCUT2D eigenvalue weighted by atomic mass is 16.5. The van der Waals surface area contributed by atoms with Crippen molar-refractivity contribution in [2.24, 2.45) is 5.41 Å². The van der Waals surface area contributed by atoms with E-state index >= 15 is 0 Å². The fourth-order valence-corrected chi connectivity index (χ4v) is 2.65. The van der Waals surface area contributed by atoms with Gasteiger partial charge in [0.2, 0.25) is 0 Å². The predicted molar refractivity (Wildman–Crippen MR) is 61.9 cm³/mol. The van der Waals surface area contributed by atoms with Crippen molar-refractivity contribution in [2.75, 3.05) is 13.2 Å². The second-order valence-electron chi connectivity index (χ2n) is 5.67. The van der Waals surface area contributed by atoms with Crippen LogP contribution in [0, 0.1) is 5.41 Å². The zero-order valence-corrected chi connectivity index (χ0v) is 10.3. The molecule has 16 heavy (non-hydrogen) atoms. The van der Waals surface area contributed by atoms with Gasteiger partial charge < -0.3 is 10.1 Å². The third-order valence-electron chi connectivity index (χ3n) is 3.30. The summed E-state index contributed by atoms with van der Waals surface area (Å²) < 4.78 is 5.58. The van der Waals surface area contributed by atoms with Crippen molar-refractivity contribution in [3.63, 3.8) is 0 Å². The van der Waals surface area contributed by atoms with Crippen LogP contribution in [0.5, 0.6) is 0 Å². The Morgan fingerprint density at radius 2 is 2.38 bits per heavy atom. The SMILES string of the molecule is CC1(C)C=C([NH2+]C[C@H]2CCCO2)CC(=O)C1. The maximum atomic E-state index is 11.6. The van der Waals surface area contributed by atoms with Crippen LogP contribution in [0.2, 0.25) is 0 Å². The first-order valence-corrected chi connectivity index (χ1v) is 6.23. The summed E-state index contributed by atoms with van der Waals surface area (Å²) >= 11 is 0. The zero-order chi connectivity index (χ0) is 11.6. The van der Waals surface area contributed by atoms with E-state index in [0.29, 0.717) is 24.7 Å². The minimum atomic E-state index is 0.0394. The normalized spacial score (nSPS) is 29.2. The van der Waals surface area contributed by atoms with Crippen molar-refractivity contribution in [1.82, 2.24) is 0 Å². The number of hydrogen-bond acceptors (Lipinski definition) is 2. The molecule has 1 aliphatic heterocycles. The summed E-state index contributed by atoms with van der Waals surface area (Å²) in [6.45, 7) is 6.13. The minimum absolute atomic E-state index is 0.0394. The highest BCUT2D eigenvalue weighted by molar-refractivity contribution is 5.82. The molecule has 1 saturated heterocycles. The van der Waals surface area contributed by atoms with Gasteiger partial charge in [-0.25, -0.2) is 0 Å². The Kier molecular flexibility index (Phi) is 3.45. The smallest absolute Gasteiger partial charge is 0.143 e. The van der Waals surface area contributed by atoms with E-state index in [-0.39, 0.29) is 5.41 Å². The van der Waals surface area contributed by atoms with E-state index in [1.807, 2.05) is 0 Å². The number of rotatable bonds is 3. The Balaban J connectivity index is 1.88. The van der Waals surface area contributed by atoms with E-state index in [4.69, 9.17) is 4.74 Å². The lowest BCUT2D eigenvalue weighted by molar-refractivity contribution is -0.615. The number of hydrogen-bond donors (Lipinski definition) is 1. The maximum Gasteiger partial charge on any atom is 0.143 e. The standard InChI is InChI=1S/C13H21NO2/c1-13(2)7-10(6-11(15)8-13)14-9-12-4-3-5-16-12/h7,12,14H,3-6,8-9H2,1-2H3/p+1/t12-/m1/s1. The first kappa shape index (κ1) is 11.8. The fourth-order valence-electron chi connectivity index (χ4n) is 2.65. The van der Waals surface area contributed by atoms with E-state index in [9.17, 15) is 4.79 Å². The third-order valence-corrected chi connectivity index (χ3v) is 3.30. The number of nitrogens with two attached hydrogens (primary N) is 1. The van der Waals surface area contributed by atoms with Crippen molar-refractivity contribution in [3.05, 3.63) is 11.8 Å². The van der Waals surface area contributed by atoms with Crippen LogP contribution >= 0.6 is 0 Å². The molecule has 1 heterocycles. The molecule has 0 amide bonds. The van der Waals surface area contributed by atoms with E-state index in [1.165, 1.54) is 18.5 Å². The monoisotopic (exact) mass is 224 g/mol. The molecule has 0 aromatic heterocycles. The summed E-state index contributed by atoms with van der Waals surface area (Å²) in [4.78, 5) is 11.6. The second-order valence-corrected chi connectivity index (χ2v) is 5.67. The molecule has 2 rings (SSSR count). The molecule has 1 fully saturated rings. The lowest BCUT2D eigenvalue weighted by Crippen LogP contribution is -2.85. The van der Waals surface area contributed by atoms with Crippen molar-refractivity contribution >= 4 is 5.78 Å². The number of carbonyl (C=O) groups excluding carboxylic acids is 1. The summed E-state index contributed by atoms with van der Waals surface area (Å²) in [5.74, 6) is 0.367. The largest absolute Gasteiger partial charge is 0.372 e. The summed E-state index contributed by atoms with van der Waals surface area (Å²) in [7, 11) is 0. The number of carbonyl (C=O) groups is 1. The van der Waals surface area contributed by atoms with E-state index in [2.05, 4.69) is 25.2 Å². The van der Waals surface area contributed by atoms with Crippen molar-refractivity contribution in [2.45, 2.75) is 45.6 Å². The van der Waals surface area contributed by atoms with Gasteiger partial charge in [0, 0.05) is 13.0 Å². The van der Waals surface area contributed by atoms with Gasteiger partial charge in [-0.15, -0.1) is 0 Å². The summed E-state index contributed by atoms with van der Waals surface area (Å²) in [6, 6.07) is 0. The molecule has 0 spiro atoms. The predicted octanol–water partition coefficient (Wildman–Crippen LogP) is 1.00. The molecule has 0 radical (unpaired) electrons. The molecular formula is C13H22NO2+. The van der Waals surface area contributed by atoms with Crippen molar-refractivity contribution < 1.29 is 14.8 Å². The average molecular weight is 224 g/mol. The second kappa shape index (κ2) is 4.68. The lowest BCUT2D eigenvalue weighted by Gasteiger charge is -2.25. The fraction of sp³-hybridized carbons (Fsp3) is 0.769. The molecule has 90 valence electrons. The lowest BCUT2D eigenvalue weighted by atomic mass is 9.81. The van der Waals surface area contributed by atoms with Crippen molar-refractivity contribution in [3.8, 4) is 0 Å². The Morgan fingerprint density at radius 1 is 1.56 bits per heavy atom. The molecule has 1 aliphatic carbocycles. The van der Waals surface area contributed by atoms with Gasteiger partial charge in [0.05, 0.1) is 6.42 Å². The van der Waals surface area contributed by atoms with Crippen LogP contribution in [0.25, 0.3) is 0 Å². The van der Waals surface area contributed by atoms with Gasteiger partial charge in [-0.3, -0.25) is 4.79 Å².